The van der Waals surface area contributed by atoms with Gasteiger partial charge in [0.25, 0.3) is 0 Å². The average molecular weight is 372 g/mol. The van der Waals surface area contributed by atoms with Gasteiger partial charge in [-0.3, -0.25) is 0 Å². The first kappa shape index (κ1) is 15.9. The highest BCUT2D eigenvalue weighted by atomic mass is 79.9. The molecule has 2 rings (SSSR count). The van der Waals surface area contributed by atoms with E-state index in [1.54, 1.807) is 19.1 Å². The van der Waals surface area contributed by atoms with Crippen LogP contribution in [0.15, 0.2) is 34.8 Å². The molecule has 0 radical (unpaired) electrons. The van der Waals surface area contributed by atoms with Crippen LogP contribution in [0.4, 0.5) is 8.78 Å². The Morgan fingerprint density at radius 2 is 1.95 bits per heavy atom. The number of aromatic hydroxyl groups is 1. The van der Waals surface area contributed by atoms with Crippen LogP contribution in [0.2, 0.25) is 0 Å². The lowest BCUT2D eigenvalue weighted by Gasteiger charge is -2.11. The van der Waals surface area contributed by atoms with Crippen molar-refractivity contribution in [2.45, 2.75) is 13.5 Å². The molecule has 0 spiro atoms. The molecule has 6 heteroatoms. The van der Waals surface area contributed by atoms with E-state index in [-0.39, 0.29) is 23.1 Å². The Bertz CT molecular complexity index is 706. The van der Waals surface area contributed by atoms with Gasteiger partial charge in [-0.15, -0.1) is 0 Å². The van der Waals surface area contributed by atoms with Gasteiger partial charge in [0.1, 0.15) is 22.4 Å². The van der Waals surface area contributed by atoms with Crippen LogP contribution in [-0.2, 0) is 6.54 Å². The molecule has 2 nitrogen and oxygen atoms in total. The number of thiocarbonyl (C=S) groups is 1. The Morgan fingerprint density at radius 3 is 2.62 bits per heavy atom. The predicted octanol–water partition coefficient (Wildman–Crippen LogP) is 4.21. The summed E-state index contributed by atoms with van der Waals surface area (Å²) in [4.78, 5) is 0.234. The maximum absolute atomic E-state index is 13.7. The fourth-order valence-corrected chi connectivity index (χ4v) is 2.36. The summed E-state index contributed by atoms with van der Waals surface area (Å²) in [7, 11) is 0. The standard InChI is InChI=1S/C15H12BrF2NOS/c1-8-4-11(14(20)6-12(8)17)15(21)19-7-9-2-3-10(16)5-13(9)18/h2-6,20H,7H2,1H3,(H,19,21). The number of nitrogens with one attached hydrogen (secondary N) is 1. The van der Waals surface area contributed by atoms with Gasteiger partial charge in [-0.05, 0) is 30.7 Å². The van der Waals surface area contributed by atoms with Gasteiger partial charge >= 0.3 is 0 Å². The van der Waals surface area contributed by atoms with Gasteiger partial charge in [0.2, 0.25) is 0 Å². The van der Waals surface area contributed by atoms with Crippen LogP contribution in [0.3, 0.4) is 0 Å². The molecule has 0 amide bonds. The van der Waals surface area contributed by atoms with Crippen molar-refractivity contribution in [1.82, 2.24) is 5.32 Å². The zero-order chi connectivity index (χ0) is 15.6. The van der Waals surface area contributed by atoms with Crippen molar-refractivity contribution in [3.05, 3.63) is 63.1 Å². The highest BCUT2D eigenvalue weighted by Crippen LogP contribution is 2.22. The molecule has 0 saturated carbocycles. The summed E-state index contributed by atoms with van der Waals surface area (Å²) in [6.45, 7) is 1.75. The minimum atomic E-state index is -0.502. The van der Waals surface area contributed by atoms with Crippen molar-refractivity contribution < 1.29 is 13.9 Å². The van der Waals surface area contributed by atoms with Gasteiger partial charge in [-0.2, -0.15) is 0 Å². The second-order valence-corrected chi connectivity index (χ2v) is 5.86. The van der Waals surface area contributed by atoms with Gasteiger partial charge in [0, 0.05) is 22.6 Å². The zero-order valence-electron chi connectivity index (χ0n) is 11.1. The van der Waals surface area contributed by atoms with Crippen LogP contribution in [0.1, 0.15) is 16.7 Å². The van der Waals surface area contributed by atoms with Crippen LogP contribution in [0.5, 0.6) is 5.75 Å². The first-order valence-electron chi connectivity index (χ1n) is 6.09. The lowest BCUT2D eigenvalue weighted by atomic mass is 10.1. The first-order chi connectivity index (χ1) is 9.88. The molecule has 110 valence electrons. The number of aryl methyl sites for hydroxylation is 1. The molecule has 0 fully saturated rings. The third-order valence-corrected chi connectivity index (χ3v) is 3.83. The fourth-order valence-electron chi connectivity index (χ4n) is 1.79. The Labute approximate surface area is 134 Å². The molecular formula is C15H12BrF2NOS. The summed E-state index contributed by atoms with van der Waals surface area (Å²) in [6, 6.07) is 7.18. The highest BCUT2D eigenvalue weighted by Gasteiger charge is 2.11. The smallest absolute Gasteiger partial charge is 0.129 e. The fraction of sp³-hybridized carbons (Fsp3) is 0.133. The van der Waals surface area contributed by atoms with Crippen LogP contribution in [0.25, 0.3) is 0 Å². The third-order valence-electron chi connectivity index (χ3n) is 2.98. The summed E-state index contributed by atoms with van der Waals surface area (Å²) in [6.07, 6.45) is 0. The third kappa shape index (κ3) is 3.77. The first-order valence-corrected chi connectivity index (χ1v) is 7.30. The van der Waals surface area contributed by atoms with E-state index in [9.17, 15) is 13.9 Å². The Balaban J connectivity index is 2.13. The molecule has 0 aromatic heterocycles. The Hall–Kier alpha value is -1.53. The van der Waals surface area contributed by atoms with Crippen molar-refractivity contribution >= 4 is 33.1 Å². The van der Waals surface area contributed by atoms with E-state index in [4.69, 9.17) is 12.2 Å². The molecule has 2 aromatic rings. The summed E-state index contributed by atoms with van der Waals surface area (Å²) >= 11 is 8.34. The minimum Gasteiger partial charge on any atom is -0.507 e. The van der Waals surface area contributed by atoms with E-state index in [0.717, 1.165) is 6.07 Å². The topological polar surface area (TPSA) is 32.3 Å². The number of phenolic OH excluding ortho intramolecular Hbond substituents is 1. The van der Waals surface area contributed by atoms with E-state index < -0.39 is 5.82 Å². The van der Waals surface area contributed by atoms with Crippen molar-refractivity contribution in [3.63, 3.8) is 0 Å². The lowest BCUT2D eigenvalue weighted by molar-refractivity contribution is 0.467. The summed E-state index contributed by atoms with van der Waals surface area (Å²) in [5.74, 6) is -1.11. The molecule has 0 unspecified atom stereocenters. The van der Waals surface area contributed by atoms with E-state index in [1.165, 1.54) is 12.1 Å². The molecule has 0 bridgehead atoms. The van der Waals surface area contributed by atoms with Gasteiger partial charge in [0.05, 0.1) is 5.56 Å². The average Bonchev–Trinajstić information content (AvgIpc) is 2.41. The molecule has 0 saturated heterocycles. The van der Waals surface area contributed by atoms with Crippen LogP contribution in [-0.4, -0.2) is 10.1 Å². The second kappa shape index (κ2) is 6.49. The largest absolute Gasteiger partial charge is 0.507 e. The van der Waals surface area contributed by atoms with Crippen molar-refractivity contribution in [1.29, 1.82) is 0 Å². The molecule has 2 aromatic carbocycles. The van der Waals surface area contributed by atoms with Crippen LogP contribution >= 0.6 is 28.1 Å². The molecule has 0 aliphatic carbocycles. The summed E-state index contributed by atoms with van der Waals surface area (Å²) < 4.78 is 27.6. The van der Waals surface area contributed by atoms with Crippen molar-refractivity contribution in [3.8, 4) is 5.75 Å². The summed E-state index contributed by atoms with van der Waals surface area (Å²) in [5, 5.41) is 12.6. The zero-order valence-corrected chi connectivity index (χ0v) is 13.5. The number of hydrogen-bond donors (Lipinski definition) is 2. The van der Waals surface area contributed by atoms with E-state index in [1.807, 2.05) is 0 Å². The number of rotatable bonds is 3. The van der Waals surface area contributed by atoms with E-state index in [0.29, 0.717) is 21.2 Å². The van der Waals surface area contributed by atoms with Crippen LogP contribution < -0.4 is 5.32 Å². The monoisotopic (exact) mass is 371 g/mol. The predicted molar refractivity (Wildman–Crippen MR) is 85.4 cm³/mol. The van der Waals surface area contributed by atoms with Gasteiger partial charge in [-0.1, -0.05) is 34.2 Å². The number of hydrogen-bond acceptors (Lipinski definition) is 2. The van der Waals surface area contributed by atoms with Crippen molar-refractivity contribution in [2.24, 2.45) is 0 Å². The molecule has 0 aliphatic rings. The van der Waals surface area contributed by atoms with Gasteiger partial charge in [-0.25, -0.2) is 8.78 Å². The van der Waals surface area contributed by atoms with E-state index >= 15 is 0 Å². The second-order valence-electron chi connectivity index (χ2n) is 4.54. The summed E-state index contributed by atoms with van der Waals surface area (Å²) in [5.41, 5.74) is 1.14. The Morgan fingerprint density at radius 1 is 1.24 bits per heavy atom. The quantitative estimate of drug-likeness (QED) is 0.792. The number of benzene rings is 2. The van der Waals surface area contributed by atoms with E-state index in [2.05, 4.69) is 21.2 Å². The number of halogens is 3. The molecule has 21 heavy (non-hydrogen) atoms. The van der Waals surface area contributed by atoms with Crippen LogP contribution in [0, 0.1) is 18.6 Å². The maximum Gasteiger partial charge on any atom is 0.129 e. The lowest BCUT2D eigenvalue weighted by Crippen LogP contribution is -2.22. The Kier molecular flexibility index (Phi) is 4.90. The number of phenols is 1. The molecule has 0 heterocycles. The maximum atomic E-state index is 13.7. The van der Waals surface area contributed by atoms with Crippen molar-refractivity contribution in [2.75, 3.05) is 0 Å². The highest BCUT2D eigenvalue weighted by molar-refractivity contribution is 9.10. The minimum absolute atomic E-state index is 0.174. The normalized spacial score (nSPS) is 10.5. The van der Waals surface area contributed by atoms with Gasteiger partial charge < -0.3 is 10.4 Å². The van der Waals surface area contributed by atoms with Gasteiger partial charge in [0.15, 0.2) is 0 Å². The molecule has 0 atom stereocenters. The molecule has 2 N–H and O–H groups in total. The SMILES string of the molecule is Cc1cc(C(=S)NCc2ccc(Br)cc2F)c(O)cc1F. The molecular weight excluding hydrogens is 360 g/mol. The molecule has 0 aliphatic heterocycles.